The molecule has 2 N–H and O–H groups in total. The zero-order valence-corrected chi connectivity index (χ0v) is 25.2. The molecule has 2 aliphatic rings. The van der Waals surface area contributed by atoms with E-state index < -0.39 is 11.3 Å². The van der Waals surface area contributed by atoms with Crippen LogP contribution in [-0.2, 0) is 17.8 Å². The van der Waals surface area contributed by atoms with Gasteiger partial charge < -0.3 is 19.7 Å². The Balaban J connectivity index is 1.20. The molecule has 1 saturated carbocycles. The molecule has 7 nitrogen and oxygen atoms in total. The van der Waals surface area contributed by atoms with E-state index >= 15 is 0 Å². The SMILES string of the molecule is O=C(N[C@@H](C=C1CCC(c2ccccc2CN2CCCC2=O)CC1)Cc1ccc(Cl)cc1)c1cc(=O)c2cccc(O)c2o1. The minimum atomic E-state index is -0.526. The van der Waals surface area contributed by atoms with Crippen LogP contribution in [0.25, 0.3) is 11.0 Å². The lowest BCUT2D eigenvalue weighted by atomic mass is 9.79. The van der Waals surface area contributed by atoms with E-state index in [9.17, 15) is 19.5 Å². The third-order valence-corrected chi connectivity index (χ3v) is 8.99. The van der Waals surface area contributed by atoms with Gasteiger partial charge in [-0.15, -0.1) is 0 Å². The maximum absolute atomic E-state index is 13.4. The number of carbonyl (C=O) groups is 2. The number of nitrogens with zero attached hydrogens (tertiary/aromatic N) is 1. The second-order valence-corrected chi connectivity index (χ2v) is 12.2. The highest BCUT2D eigenvalue weighted by Gasteiger charge is 2.25. The van der Waals surface area contributed by atoms with Crippen molar-refractivity contribution < 1.29 is 19.1 Å². The number of halogens is 1. The van der Waals surface area contributed by atoms with Gasteiger partial charge in [-0.2, -0.15) is 0 Å². The van der Waals surface area contributed by atoms with Crippen LogP contribution in [0.15, 0.2) is 93.7 Å². The molecule has 1 aliphatic carbocycles. The van der Waals surface area contributed by atoms with Crippen LogP contribution in [0, 0.1) is 0 Å². The van der Waals surface area contributed by atoms with Gasteiger partial charge in [0.2, 0.25) is 5.91 Å². The van der Waals surface area contributed by atoms with E-state index in [4.69, 9.17) is 16.0 Å². The summed E-state index contributed by atoms with van der Waals surface area (Å²) >= 11 is 6.11. The molecule has 226 valence electrons. The Morgan fingerprint density at radius 3 is 2.55 bits per heavy atom. The van der Waals surface area contributed by atoms with Gasteiger partial charge in [0.15, 0.2) is 22.5 Å². The number of hydrogen-bond donors (Lipinski definition) is 2. The first-order chi connectivity index (χ1) is 21.3. The Morgan fingerprint density at radius 2 is 1.80 bits per heavy atom. The first kappa shape index (κ1) is 29.7. The zero-order valence-electron chi connectivity index (χ0n) is 24.4. The lowest BCUT2D eigenvalue weighted by Crippen LogP contribution is -2.36. The number of rotatable bonds is 8. The van der Waals surface area contributed by atoms with Crippen molar-refractivity contribution in [3.63, 3.8) is 0 Å². The Labute approximate surface area is 261 Å². The average molecular weight is 611 g/mol. The molecule has 2 fully saturated rings. The first-order valence-electron chi connectivity index (χ1n) is 15.2. The van der Waals surface area contributed by atoms with Crippen LogP contribution in [-0.4, -0.2) is 34.4 Å². The Morgan fingerprint density at radius 1 is 1.02 bits per heavy atom. The number of fused-ring (bicyclic) bond motifs is 1. The predicted octanol–water partition coefficient (Wildman–Crippen LogP) is 6.90. The Hall–Kier alpha value is -4.36. The molecular weight excluding hydrogens is 576 g/mol. The molecule has 3 aromatic carbocycles. The van der Waals surface area contributed by atoms with Gasteiger partial charge in [-0.05, 0) is 85.4 Å². The summed E-state index contributed by atoms with van der Waals surface area (Å²) in [6, 6.07) is 21.4. The minimum absolute atomic E-state index is 0.00884. The molecule has 0 spiro atoms. The summed E-state index contributed by atoms with van der Waals surface area (Å²) in [7, 11) is 0. The van der Waals surface area contributed by atoms with Gasteiger partial charge in [-0.1, -0.05) is 65.7 Å². The van der Waals surface area contributed by atoms with Gasteiger partial charge >= 0.3 is 0 Å². The molecule has 44 heavy (non-hydrogen) atoms. The number of allylic oxidation sites excluding steroid dienone is 1. The lowest BCUT2D eigenvalue weighted by molar-refractivity contribution is -0.128. The van der Waals surface area contributed by atoms with E-state index in [0.717, 1.165) is 44.2 Å². The highest BCUT2D eigenvalue weighted by Crippen LogP contribution is 2.38. The van der Waals surface area contributed by atoms with Crippen LogP contribution in [0.1, 0.15) is 71.7 Å². The van der Waals surface area contributed by atoms with Gasteiger partial charge in [-0.25, -0.2) is 0 Å². The number of carbonyl (C=O) groups excluding carboxylic acids is 2. The number of amides is 2. The Bertz CT molecular complexity index is 1770. The fraction of sp³-hybridized carbons (Fsp3) is 0.306. The largest absolute Gasteiger partial charge is 0.504 e. The number of likely N-dealkylation sites (tertiary alicyclic amines) is 1. The molecule has 8 heteroatoms. The number of hydrogen-bond acceptors (Lipinski definition) is 5. The van der Waals surface area contributed by atoms with Crippen LogP contribution < -0.4 is 10.7 Å². The summed E-state index contributed by atoms with van der Waals surface area (Å²) in [5.41, 5.74) is 4.43. The highest BCUT2D eigenvalue weighted by atomic mass is 35.5. The molecule has 1 aliphatic heterocycles. The molecule has 6 rings (SSSR count). The quantitative estimate of drug-likeness (QED) is 0.211. The van der Waals surface area contributed by atoms with Crippen molar-refractivity contribution in [2.24, 2.45) is 0 Å². The number of para-hydroxylation sites is 1. The topological polar surface area (TPSA) is 99.9 Å². The molecule has 0 unspecified atom stereocenters. The third-order valence-electron chi connectivity index (χ3n) is 8.74. The maximum atomic E-state index is 13.4. The maximum Gasteiger partial charge on any atom is 0.287 e. The monoisotopic (exact) mass is 610 g/mol. The number of aromatic hydroxyl groups is 1. The number of phenolic OH excluding ortho intramolecular Hbond substituents is 1. The van der Waals surface area contributed by atoms with Gasteiger partial charge in [-0.3, -0.25) is 14.4 Å². The van der Waals surface area contributed by atoms with E-state index in [-0.39, 0.29) is 34.4 Å². The summed E-state index contributed by atoms with van der Waals surface area (Å²) < 4.78 is 5.70. The van der Waals surface area contributed by atoms with E-state index in [1.54, 1.807) is 12.1 Å². The zero-order chi connectivity index (χ0) is 30.6. The van der Waals surface area contributed by atoms with Gasteiger partial charge in [0.25, 0.3) is 5.91 Å². The summed E-state index contributed by atoms with van der Waals surface area (Å²) in [5, 5.41) is 14.1. The third kappa shape index (κ3) is 6.73. The van der Waals surface area contributed by atoms with E-state index in [1.807, 2.05) is 29.2 Å². The fourth-order valence-corrected chi connectivity index (χ4v) is 6.57. The van der Waals surface area contributed by atoms with Crippen molar-refractivity contribution in [3.8, 4) is 5.75 Å². The first-order valence-corrected chi connectivity index (χ1v) is 15.6. The lowest BCUT2D eigenvalue weighted by Gasteiger charge is -2.28. The molecule has 1 atom stereocenters. The molecule has 4 aromatic rings. The van der Waals surface area contributed by atoms with Crippen LogP contribution in [0.2, 0.25) is 5.02 Å². The van der Waals surface area contributed by atoms with E-state index in [0.29, 0.717) is 30.3 Å². The summed E-state index contributed by atoms with van der Waals surface area (Å²) in [6.07, 6.45) is 8.00. The fourth-order valence-electron chi connectivity index (χ4n) is 6.44. The molecule has 1 saturated heterocycles. The molecule has 0 bridgehead atoms. The van der Waals surface area contributed by atoms with Crippen LogP contribution in [0.3, 0.4) is 0 Å². The summed E-state index contributed by atoms with van der Waals surface area (Å²) in [4.78, 5) is 40.3. The molecule has 0 radical (unpaired) electrons. The molecule has 2 amide bonds. The standard InChI is InChI=1S/C36H35ClN2O5/c37-27-16-12-24(13-17-27)20-28(38-36(43)33-21-32(41)30-7-3-8-31(40)35(30)44-33)19-23-10-14-25(15-11-23)29-6-2-1-5-26(29)22-39-18-4-9-34(39)42/h1-3,5-8,12-13,16-17,19,21,25,28,40H,4,9-11,14-15,18,20,22H2,(H,38,43)/t25?,28-/m0/s1. The van der Waals surface area contributed by atoms with Gasteiger partial charge in [0.1, 0.15) is 0 Å². The van der Waals surface area contributed by atoms with E-state index in [1.165, 1.54) is 28.8 Å². The average Bonchev–Trinajstić information content (AvgIpc) is 3.43. The number of phenols is 1. The van der Waals surface area contributed by atoms with Crippen molar-refractivity contribution in [3.05, 3.63) is 122 Å². The smallest absolute Gasteiger partial charge is 0.287 e. The van der Waals surface area contributed by atoms with Crippen molar-refractivity contribution in [2.75, 3.05) is 6.54 Å². The van der Waals surface area contributed by atoms with Crippen LogP contribution >= 0.6 is 11.6 Å². The minimum Gasteiger partial charge on any atom is -0.504 e. The number of nitrogens with one attached hydrogen (secondary N) is 1. The molecular formula is C36H35ClN2O5. The molecule has 2 heterocycles. The van der Waals surface area contributed by atoms with Crippen LogP contribution in [0.5, 0.6) is 5.75 Å². The normalized spacial score (nSPS) is 17.6. The highest BCUT2D eigenvalue weighted by molar-refractivity contribution is 6.30. The summed E-state index contributed by atoms with van der Waals surface area (Å²) in [6.45, 7) is 1.50. The van der Waals surface area contributed by atoms with Crippen molar-refractivity contribution in [1.82, 2.24) is 10.2 Å². The van der Waals surface area contributed by atoms with Gasteiger partial charge in [0, 0.05) is 30.6 Å². The van der Waals surface area contributed by atoms with Crippen molar-refractivity contribution in [1.29, 1.82) is 0 Å². The predicted molar refractivity (Wildman–Crippen MR) is 171 cm³/mol. The molecule has 1 aromatic heterocycles. The van der Waals surface area contributed by atoms with E-state index in [2.05, 4.69) is 35.7 Å². The van der Waals surface area contributed by atoms with Crippen molar-refractivity contribution in [2.45, 2.75) is 63.5 Å². The second kappa shape index (κ2) is 13.1. The Kier molecular flexibility index (Phi) is 8.84. The summed E-state index contributed by atoms with van der Waals surface area (Å²) in [5.74, 6) is -0.228. The second-order valence-electron chi connectivity index (χ2n) is 11.8. The van der Waals surface area contributed by atoms with Crippen LogP contribution in [0.4, 0.5) is 0 Å². The van der Waals surface area contributed by atoms with Crippen molar-refractivity contribution >= 4 is 34.4 Å². The van der Waals surface area contributed by atoms with Gasteiger partial charge in [0.05, 0.1) is 11.4 Å². The number of benzene rings is 3.